The molecule has 14 heavy (non-hydrogen) atoms. The second kappa shape index (κ2) is 6.61. The predicted molar refractivity (Wildman–Crippen MR) is 52.7 cm³/mol. The third kappa shape index (κ3) is 7.81. The van der Waals surface area contributed by atoms with Crippen molar-refractivity contribution in [2.75, 3.05) is 19.3 Å². The molecule has 0 heterocycles. The number of sulfonamides is 1. The van der Waals surface area contributed by atoms with Crippen molar-refractivity contribution >= 4 is 16.1 Å². The molecule has 0 radical (unpaired) electrons. The lowest BCUT2D eigenvalue weighted by Gasteiger charge is -2.02. The summed E-state index contributed by atoms with van der Waals surface area (Å²) in [7, 11) is -1.73. The van der Waals surface area contributed by atoms with Crippen LogP contribution in [0, 0.1) is 0 Å². The molecule has 0 saturated carbocycles. The van der Waals surface area contributed by atoms with Gasteiger partial charge in [0, 0.05) is 6.54 Å². The highest BCUT2D eigenvalue weighted by atomic mass is 32.2. The Kier molecular flexibility index (Phi) is 6.22. The van der Waals surface area contributed by atoms with Crippen LogP contribution in [0.4, 0.5) is 4.79 Å². The monoisotopic (exact) mass is 224 g/mol. The highest BCUT2D eigenvalue weighted by Gasteiger charge is 2.05. The van der Waals surface area contributed by atoms with E-state index < -0.39 is 16.1 Å². The third-order valence-corrected chi connectivity index (χ3v) is 3.13. The number of rotatable bonds is 7. The molecule has 0 aliphatic carbocycles. The Morgan fingerprint density at radius 3 is 2.43 bits per heavy atom. The number of amides is 1. The molecule has 0 saturated heterocycles. The van der Waals surface area contributed by atoms with Gasteiger partial charge in [0.15, 0.2) is 0 Å². The predicted octanol–water partition coefficient (Wildman–Crippen LogP) is -0.0265. The fourth-order valence-electron chi connectivity index (χ4n) is 0.891. The maximum Gasteiger partial charge on any atom is 0.404 e. The van der Waals surface area contributed by atoms with Gasteiger partial charge in [-0.25, -0.2) is 17.9 Å². The zero-order valence-corrected chi connectivity index (χ0v) is 8.93. The standard InChI is InChI=1S/C7H16N2O4S/c1-8-14(12,13)6-4-2-3-5-9-7(10)11/h8-9H,2-6H2,1H3,(H,10,11). The van der Waals surface area contributed by atoms with E-state index in [1.165, 1.54) is 7.05 Å². The summed E-state index contributed by atoms with van der Waals surface area (Å²) >= 11 is 0. The van der Waals surface area contributed by atoms with E-state index in [0.717, 1.165) is 0 Å². The number of carboxylic acid groups (broad SMARTS) is 1. The van der Waals surface area contributed by atoms with E-state index in [1.54, 1.807) is 0 Å². The van der Waals surface area contributed by atoms with Crippen LogP contribution in [0.5, 0.6) is 0 Å². The van der Waals surface area contributed by atoms with Crippen LogP contribution in [-0.2, 0) is 10.0 Å². The largest absolute Gasteiger partial charge is 0.465 e. The van der Waals surface area contributed by atoms with Crippen LogP contribution in [0.15, 0.2) is 0 Å². The summed E-state index contributed by atoms with van der Waals surface area (Å²) in [5.41, 5.74) is 0. The molecule has 0 bridgehead atoms. The average molecular weight is 224 g/mol. The number of nitrogens with one attached hydrogen (secondary N) is 2. The van der Waals surface area contributed by atoms with Crippen molar-refractivity contribution in [1.82, 2.24) is 10.0 Å². The zero-order chi connectivity index (χ0) is 11.0. The SMILES string of the molecule is CNS(=O)(=O)CCCCCNC(=O)O. The number of unbranched alkanes of at least 4 members (excludes halogenated alkanes) is 2. The molecule has 7 heteroatoms. The quantitative estimate of drug-likeness (QED) is 0.529. The van der Waals surface area contributed by atoms with Gasteiger partial charge >= 0.3 is 6.09 Å². The Labute approximate surface area is 83.7 Å². The van der Waals surface area contributed by atoms with E-state index in [1.807, 2.05) is 0 Å². The fraction of sp³-hybridized carbons (Fsp3) is 0.857. The van der Waals surface area contributed by atoms with Crippen molar-refractivity contribution in [2.45, 2.75) is 19.3 Å². The summed E-state index contributed by atoms with van der Waals surface area (Å²) in [5, 5.41) is 10.4. The summed E-state index contributed by atoms with van der Waals surface area (Å²) < 4.78 is 24.1. The van der Waals surface area contributed by atoms with Crippen molar-refractivity contribution < 1.29 is 18.3 Å². The molecule has 3 N–H and O–H groups in total. The molecule has 0 aromatic rings. The first kappa shape index (κ1) is 13.2. The highest BCUT2D eigenvalue weighted by molar-refractivity contribution is 7.89. The number of hydrogen-bond acceptors (Lipinski definition) is 3. The van der Waals surface area contributed by atoms with E-state index in [-0.39, 0.29) is 5.75 Å². The molecule has 1 amide bonds. The number of carbonyl (C=O) groups is 1. The fourth-order valence-corrected chi connectivity index (χ4v) is 1.68. The summed E-state index contributed by atoms with van der Waals surface area (Å²) in [6.07, 6.45) is 0.852. The lowest BCUT2D eigenvalue weighted by molar-refractivity contribution is 0.194. The average Bonchev–Trinajstić information content (AvgIpc) is 2.10. The first-order chi connectivity index (χ1) is 6.48. The molecule has 0 fully saturated rings. The summed E-state index contributed by atoms with van der Waals surface area (Å²) in [4.78, 5) is 10.0. The smallest absolute Gasteiger partial charge is 0.404 e. The van der Waals surface area contributed by atoms with E-state index >= 15 is 0 Å². The van der Waals surface area contributed by atoms with Crippen molar-refractivity contribution in [3.8, 4) is 0 Å². The van der Waals surface area contributed by atoms with Crippen molar-refractivity contribution in [1.29, 1.82) is 0 Å². The van der Waals surface area contributed by atoms with Crippen LogP contribution in [0.3, 0.4) is 0 Å². The first-order valence-electron chi connectivity index (χ1n) is 4.36. The van der Waals surface area contributed by atoms with Crippen molar-refractivity contribution in [3.63, 3.8) is 0 Å². The lowest BCUT2D eigenvalue weighted by atomic mass is 10.2. The second-order valence-corrected chi connectivity index (χ2v) is 4.86. The van der Waals surface area contributed by atoms with Gasteiger partial charge in [0.05, 0.1) is 5.75 Å². The van der Waals surface area contributed by atoms with Crippen LogP contribution in [0.25, 0.3) is 0 Å². The Morgan fingerprint density at radius 2 is 1.93 bits per heavy atom. The molecule has 0 spiro atoms. The minimum Gasteiger partial charge on any atom is -0.465 e. The molecule has 0 unspecified atom stereocenters. The van der Waals surface area contributed by atoms with Crippen LogP contribution in [0.2, 0.25) is 0 Å². The maximum absolute atomic E-state index is 10.9. The molecular formula is C7H16N2O4S. The van der Waals surface area contributed by atoms with Gasteiger partial charge in [0.25, 0.3) is 0 Å². The topological polar surface area (TPSA) is 95.5 Å². The Hall–Kier alpha value is -0.820. The number of hydrogen-bond donors (Lipinski definition) is 3. The minimum absolute atomic E-state index is 0.0938. The Morgan fingerprint density at radius 1 is 1.29 bits per heavy atom. The second-order valence-electron chi connectivity index (χ2n) is 2.82. The first-order valence-corrected chi connectivity index (χ1v) is 6.01. The van der Waals surface area contributed by atoms with Gasteiger partial charge in [-0.3, -0.25) is 0 Å². The van der Waals surface area contributed by atoms with Crippen molar-refractivity contribution in [3.05, 3.63) is 0 Å². The van der Waals surface area contributed by atoms with E-state index in [0.29, 0.717) is 25.8 Å². The van der Waals surface area contributed by atoms with E-state index in [4.69, 9.17) is 5.11 Å². The maximum atomic E-state index is 10.9. The highest BCUT2D eigenvalue weighted by Crippen LogP contribution is 1.97. The van der Waals surface area contributed by atoms with Crippen LogP contribution < -0.4 is 10.0 Å². The molecule has 0 aromatic heterocycles. The van der Waals surface area contributed by atoms with E-state index in [9.17, 15) is 13.2 Å². The van der Waals surface area contributed by atoms with Gasteiger partial charge in [-0.05, 0) is 19.9 Å². The Balaban J connectivity index is 3.35. The normalized spacial score (nSPS) is 11.2. The van der Waals surface area contributed by atoms with Gasteiger partial charge in [-0.1, -0.05) is 6.42 Å². The van der Waals surface area contributed by atoms with E-state index in [2.05, 4.69) is 10.0 Å². The van der Waals surface area contributed by atoms with Gasteiger partial charge < -0.3 is 10.4 Å². The summed E-state index contributed by atoms with van der Waals surface area (Å²) in [6, 6.07) is 0. The molecule has 6 nitrogen and oxygen atoms in total. The third-order valence-electron chi connectivity index (χ3n) is 1.68. The van der Waals surface area contributed by atoms with Crippen LogP contribution in [-0.4, -0.2) is 39.0 Å². The molecule has 0 aromatic carbocycles. The van der Waals surface area contributed by atoms with Gasteiger partial charge in [0.2, 0.25) is 10.0 Å². The molecular weight excluding hydrogens is 208 g/mol. The Bertz CT molecular complexity index is 263. The van der Waals surface area contributed by atoms with Gasteiger partial charge in [-0.15, -0.1) is 0 Å². The molecule has 0 aliphatic rings. The lowest BCUT2D eigenvalue weighted by Crippen LogP contribution is -2.23. The zero-order valence-electron chi connectivity index (χ0n) is 8.12. The van der Waals surface area contributed by atoms with Crippen LogP contribution >= 0.6 is 0 Å². The van der Waals surface area contributed by atoms with Crippen molar-refractivity contribution in [2.24, 2.45) is 0 Å². The molecule has 0 atom stereocenters. The minimum atomic E-state index is -3.11. The van der Waals surface area contributed by atoms with Gasteiger partial charge in [0.1, 0.15) is 0 Å². The van der Waals surface area contributed by atoms with Crippen LogP contribution in [0.1, 0.15) is 19.3 Å². The summed E-state index contributed by atoms with van der Waals surface area (Å²) in [5.74, 6) is 0.0938. The summed E-state index contributed by atoms with van der Waals surface area (Å²) in [6.45, 7) is 0.370. The molecule has 0 rings (SSSR count). The molecule has 0 aliphatic heterocycles. The molecule has 84 valence electrons. The van der Waals surface area contributed by atoms with Gasteiger partial charge in [-0.2, -0.15) is 0 Å².